The van der Waals surface area contributed by atoms with Gasteiger partial charge in [-0.2, -0.15) is 0 Å². The van der Waals surface area contributed by atoms with Crippen molar-refractivity contribution >= 4 is 5.84 Å². The molecule has 0 aliphatic rings. The number of halogens is 1. The second-order valence-corrected chi connectivity index (χ2v) is 4.03. The van der Waals surface area contributed by atoms with Crippen LogP contribution in [-0.4, -0.2) is 17.6 Å². The summed E-state index contributed by atoms with van der Waals surface area (Å²) in [5, 5.41) is 14.4. The van der Waals surface area contributed by atoms with E-state index >= 15 is 0 Å². The van der Waals surface area contributed by atoms with Crippen LogP contribution >= 0.6 is 0 Å². The molecule has 1 aromatic rings. The van der Waals surface area contributed by atoms with E-state index in [-0.39, 0.29) is 17.7 Å². The highest BCUT2D eigenvalue weighted by atomic mass is 19.1. The van der Waals surface area contributed by atoms with E-state index in [4.69, 9.17) is 10.9 Å². The SMILES string of the molecule is Cc1ccc(C(C)NCCC(N)=NO)cc1F. The maximum atomic E-state index is 13.3. The Morgan fingerprint density at radius 1 is 1.59 bits per heavy atom. The Morgan fingerprint density at radius 2 is 2.29 bits per heavy atom. The predicted octanol–water partition coefficient (Wildman–Crippen LogP) is 1.92. The molecule has 0 aliphatic heterocycles. The molecular formula is C12H18FN3O. The van der Waals surface area contributed by atoms with Crippen molar-refractivity contribution in [3.63, 3.8) is 0 Å². The number of amidine groups is 1. The van der Waals surface area contributed by atoms with Gasteiger partial charge in [0.15, 0.2) is 0 Å². The number of aryl methyl sites for hydroxylation is 1. The molecule has 0 saturated heterocycles. The molecule has 1 rings (SSSR count). The van der Waals surface area contributed by atoms with Crippen LogP contribution in [0, 0.1) is 12.7 Å². The van der Waals surface area contributed by atoms with Crippen molar-refractivity contribution in [2.75, 3.05) is 6.54 Å². The summed E-state index contributed by atoms with van der Waals surface area (Å²) >= 11 is 0. The van der Waals surface area contributed by atoms with Gasteiger partial charge in [-0.15, -0.1) is 0 Å². The van der Waals surface area contributed by atoms with Crippen molar-refractivity contribution in [2.24, 2.45) is 10.9 Å². The first-order chi connectivity index (χ1) is 8.04. The van der Waals surface area contributed by atoms with Crippen molar-refractivity contribution in [1.29, 1.82) is 0 Å². The molecule has 0 aromatic heterocycles. The smallest absolute Gasteiger partial charge is 0.140 e. The van der Waals surface area contributed by atoms with Crippen molar-refractivity contribution in [3.05, 3.63) is 35.1 Å². The lowest BCUT2D eigenvalue weighted by atomic mass is 10.1. The van der Waals surface area contributed by atoms with Crippen molar-refractivity contribution in [3.8, 4) is 0 Å². The van der Waals surface area contributed by atoms with E-state index in [0.29, 0.717) is 18.5 Å². The third-order valence-electron chi connectivity index (χ3n) is 2.66. The first kappa shape index (κ1) is 13.4. The van der Waals surface area contributed by atoms with Gasteiger partial charge in [0.2, 0.25) is 0 Å². The molecular weight excluding hydrogens is 221 g/mol. The maximum Gasteiger partial charge on any atom is 0.140 e. The lowest BCUT2D eigenvalue weighted by Gasteiger charge is -2.14. The minimum atomic E-state index is -0.201. The first-order valence-corrected chi connectivity index (χ1v) is 5.50. The van der Waals surface area contributed by atoms with Crippen molar-refractivity contribution in [1.82, 2.24) is 5.32 Å². The normalized spacial score (nSPS) is 13.7. The van der Waals surface area contributed by atoms with Crippen molar-refractivity contribution in [2.45, 2.75) is 26.3 Å². The minimum Gasteiger partial charge on any atom is -0.409 e. The molecule has 17 heavy (non-hydrogen) atoms. The number of hydrogen-bond donors (Lipinski definition) is 3. The van der Waals surface area contributed by atoms with E-state index in [9.17, 15) is 4.39 Å². The third-order valence-corrected chi connectivity index (χ3v) is 2.66. The molecule has 0 fully saturated rings. The second-order valence-electron chi connectivity index (χ2n) is 4.03. The molecule has 5 heteroatoms. The number of nitrogens with one attached hydrogen (secondary N) is 1. The largest absolute Gasteiger partial charge is 0.409 e. The number of rotatable bonds is 5. The molecule has 0 saturated carbocycles. The average molecular weight is 239 g/mol. The fourth-order valence-electron chi connectivity index (χ4n) is 1.46. The Bertz CT molecular complexity index is 407. The molecule has 0 aliphatic carbocycles. The number of oxime groups is 1. The van der Waals surface area contributed by atoms with Gasteiger partial charge in [0.25, 0.3) is 0 Å². The van der Waals surface area contributed by atoms with Gasteiger partial charge >= 0.3 is 0 Å². The lowest BCUT2D eigenvalue weighted by Crippen LogP contribution is -2.24. The number of hydrogen-bond acceptors (Lipinski definition) is 3. The quantitative estimate of drug-likeness (QED) is 0.318. The Morgan fingerprint density at radius 3 is 2.88 bits per heavy atom. The van der Waals surface area contributed by atoms with E-state index < -0.39 is 0 Å². The van der Waals surface area contributed by atoms with Crippen LogP contribution < -0.4 is 11.1 Å². The van der Waals surface area contributed by atoms with Gasteiger partial charge in [-0.3, -0.25) is 0 Å². The van der Waals surface area contributed by atoms with Gasteiger partial charge in [-0.1, -0.05) is 17.3 Å². The van der Waals surface area contributed by atoms with Crippen LogP contribution in [0.4, 0.5) is 4.39 Å². The summed E-state index contributed by atoms with van der Waals surface area (Å²) in [5.41, 5.74) is 6.86. The van der Waals surface area contributed by atoms with Gasteiger partial charge in [-0.25, -0.2) is 4.39 Å². The summed E-state index contributed by atoms with van der Waals surface area (Å²) in [7, 11) is 0. The molecule has 1 aromatic carbocycles. The van der Waals surface area contributed by atoms with E-state index in [2.05, 4.69) is 10.5 Å². The molecule has 0 amide bonds. The highest BCUT2D eigenvalue weighted by molar-refractivity contribution is 5.79. The molecule has 0 radical (unpaired) electrons. The molecule has 4 N–H and O–H groups in total. The predicted molar refractivity (Wildman–Crippen MR) is 65.6 cm³/mol. The summed E-state index contributed by atoms with van der Waals surface area (Å²) in [5.74, 6) is -0.0210. The lowest BCUT2D eigenvalue weighted by molar-refractivity contribution is 0.316. The molecule has 1 atom stereocenters. The number of nitrogens with two attached hydrogens (primary N) is 1. The summed E-state index contributed by atoms with van der Waals surface area (Å²) in [4.78, 5) is 0. The molecule has 4 nitrogen and oxygen atoms in total. The fraction of sp³-hybridized carbons (Fsp3) is 0.417. The van der Waals surface area contributed by atoms with Crippen LogP contribution in [-0.2, 0) is 0 Å². The fourth-order valence-corrected chi connectivity index (χ4v) is 1.46. The van der Waals surface area contributed by atoms with E-state index in [1.165, 1.54) is 6.07 Å². The Kier molecular flexibility index (Phi) is 4.90. The Hall–Kier alpha value is -1.62. The molecule has 0 bridgehead atoms. The zero-order valence-electron chi connectivity index (χ0n) is 10.1. The summed E-state index contributed by atoms with van der Waals surface area (Å²) < 4.78 is 13.3. The summed E-state index contributed by atoms with van der Waals surface area (Å²) in [6, 6.07) is 5.19. The Balaban J connectivity index is 2.52. The highest BCUT2D eigenvalue weighted by Gasteiger charge is 2.07. The van der Waals surface area contributed by atoms with Crippen LogP contribution in [0.5, 0.6) is 0 Å². The summed E-state index contributed by atoms with van der Waals surface area (Å²) in [6.07, 6.45) is 0.454. The van der Waals surface area contributed by atoms with Gasteiger partial charge < -0.3 is 16.3 Å². The zero-order chi connectivity index (χ0) is 12.8. The van der Waals surface area contributed by atoms with Crippen LogP contribution in [0.3, 0.4) is 0 Å². The van der Waals surface area contributed by atoms with Crippen molar-refractivity contribution < 1.29 is 9.60 Å². The first-order valence-electron chi connectivity index (χ1n) is 5.50. The van der Waals surface area contributed by atoms with Gasteiger partial charge in [-0.05, 0) is 31.0 Å². The average Bonchev–Trinajstić information content (AvgIpc) is 2.32. The number of nitrogens with zero attached hydrogens (tertiary/aromatic N) is 1. The minimum absolute atomic E-state index is 0.0246. The van der Waals surface area contributed by atoms with Crippen LogP contribution in [0.15, 0.2) is 23.4 Å². The zero-order valence-corrected chi connectivity index (χ0v) is 10.1. The van der Waals surface area contributed by atoms with Crippen LogP contribution in [0.25, 0.3) is 0 Å². The topological polar surface area (TPSA) is 70.6 Å². The van der Waals surface area contributed by atoms with Crippen LogP contribution in [0.1, 0.15) is 30.5 Å². The van der Waals surface area contributed by atoms with Gasteiger partial charge in [0.05, 0.1) is 0 Å². The van der Waals surface area contributed by atoms with Gasteiger partial charge in [0, 0.05) is 19.0 Å². The van der Waals surface area contributed by atoms with E-state index in [0.717, 1.165) is 5.56 Å². The monoisotopic (exact) mass is 239 g/mol. The number of benzene rings is 1. The standard InChI is InChI=1S/C12H18FN3O/c1-8-3-4-10(7-11(8)13)9(2)15-6-5-12(14)16-17/h3-4,7,9,15,17H,5-6H2,1-2H3,(H2,14,16). The van der Waals surface area contributed by atoms with E-state index in [1.54, 1.807) is 13.0 Å². The Labute approximate surface area is 100 Å². The second kappa shape index (κ2) is 6.20. The molecule has 0 spiro atoms. The van der Waals surface area contributed by atoms with E-state index in [1.807, 2.05) is 13.0 Å². The molecule has 1 unspecified atom stereocenters. The summed E-state index contributed by atoms with van der Waals surface area (Å²) in [6.45, 7) is 4.25. The molecule has 94 valence electrons. The van der Waals surface area contributed by atoms with Crippen LogP contribution in [0.2, 0.25) is 0 Å². The van der Waals surface area contributed by atoms with Gasteiger partial charge in [0.1, 0.15) is 11.7 Å². The maximum absolute atomic E-state index is 13.3. The highest BCUT2D eigenvalue weighted by Crippen LogP contribution is 2.15. The molecule has 0 heterocycles. The third kappa shape index (κ3) is 4.03.